The Balaban J connectivity index is 1.54. The Labute approximate surface area is 158 Å². The number of hydrazine groups is 1. The second-order valence-electron chi connectivity index (χ2n) is 5.97. The van der Waals surface area contributed by atoms with Crippen molar-refractivity contribution in [3.05, 3.63) is 90.0 Å². The Morgan fingerprint density at radius 1 is 0.815 bits per heavy atom. The van der Waals surface area contributed by atoms with Gasteiger partial charge in [-0.05, 0) is 34.9 Å². The van der Waals surface area contributed by atoms with E-state index < -0.39 is 5.91 Å². The first-order chi connectivity index (χ1) is 13.2. The molecule has 0 unspecified atom stereocenters. The highest BCUT2D eigenvalue weighted by Gasteiger charge is 2.09. The molecule has 0 saturated heterocycles. The van der Waals surface area contributed by atoms with Gasteiger partial charge < -0.3 is 4.74 Å². The van der Waals surface area contributed by atoms with Crippen molar-refractivity contribution in [2.45, 2.75) is 6.42 Å². The van der Waals surface area contributed by atoms with Crippen LogP contribution in [0.15, 0.2) is 78.9 Å². The number of amides is 2. The predicted molar refractivity (Wildman–Crippen MR) is 104 cm³/mol. The van der Waals surface area contributed by atoms with Gasteiger partial charge in [-0.1, -0.05) is 60.7 Å². The summed E-state index contributed by atoms with van der Waals surface area (Å²) in [7, 11) is 1.53. The molecule has 0 aliphatic carbocycles. The van der Waals surface area contributed by atoms with E-state index in [2.05, 4.69) is 10.9 Å². The minimum Gasteiger partial charge on any atom is -0.497 e. The van der Waals surface area contributed by atoms with Crippen molar-refractivity contribution < 1.29 is 14.3 Å². The average Bonchev–Trinajstić information content (AvgIpc) is 2.73. The highest BCUT2D eigenvalue weighted by atomic mass is 16.5. The molecule has 3 aromatic rings. The molecular weight excluding hydrogens is 340 g/mol. The quantitative estimate of drug-likeness (QED) is 0.686. The van der Waals surface area contributed by atoms with Crippen molar-refractivity contribution in [3.8, 4) is 16.9 Å². The Bertz CT molecular complexity index is 922. The average molecular weight is 360 g/mol. The predicted octanol–water partition coefficient (Wildman–Crippen LogP) is 3.37. The molecule has 0 spiro atoms. The van der Waals surface area contributed by atoms with Crippen LogP contribution in [-0.4, -0.2) is 18.9 Å². The normalized spacial score (nSPS) is 10.1. The largest absolute Gasteiger partial charge is 0.497 e. The van der Waals surface area contributed by atoms with Gasteiger partial charge in [0.25, 0.3) is 5.91 Å². The lowest BCUT2D eigenvalue weighted by Crippen LogP contribution is -2.42. The maximum atomic E-state index is 12.1. The van der Waals surface area contributed by atoms with Crippen LogP contribution in [0.2, 0.25) is 0 Å². The molecule has 0 aliphatic rings. The van der Waals surface area contributed by atoms with Crippen LogP contribution >= 0.6 is 0 Å². The van der Waals surface area contributed by atoms with Crippen LogP contribution in [0.4, 0.5) is 0 Å². The fourth-order valence-electron chi connectivity index (χ4n) is 2.64. The number of carbonyl (C=O) groups is 2. The third-order valence-electron chi connectivity index (χ3n) is 4.07. The summed E-state index contributed by atoms with van der Waals surface area (Å²) in [5, 5.41) is 0. The van der Waals surface area contributed by atoms with Crippen molar-refractivity contribution >= 4 is 11.8 Å². The first kappa shape index (κ1) is 18.2. The minimum absolute atomic E-state index is 0.174. The highest BCUT2D eigenvalue weighted by Crippen LogP contribution is 2.19. The third-order valence-corrected chi connectivity index (χ3v) is 4.07. The Morgan fingerprint density at radius 2 is 1.52 bits per heavy atom. The molecule has 0 bridgehead atoms. The van der Waals surface area contributed by atoms with Gasteiger partial charge in [-0.25, -0.2) is 0 Å². The number of methoxy groups -OCH3 is 1. The summed E-state index contributed by atoms with van der Waals surface area (Å²) in [6.07, 6.45) is 0.174. The minimum atomic E-state index is -0.401. The molecule has 3 aromatic carbocycles. The SMILES string of the molecule is COc1cccc(C(=O)NNC(=O)Cc2ccc(-c3ccccc3)cc2)c1. The fourth-order valence-corrected chi connectivity index (χ4v) is 2.64. The van der Waals surface area contributed by atoms with Gasteiger partial charge in [-0.2, -0.15) is 0 Å². The summed E-state index contributed by atoms with van der Waals surface area (Å²) in [6, 6.07) is 24.5. The summed E-state index contributed by atoms with van der Waals surface area (Å²) in [5.74, 6) is -0.118. The van der Waals surface area contributed by atoms with Crippen LogP contribution in [-0.2, 0) is 11.2 Å². The molecule has 5 heteroatoms. The number of benzene rings is 3. The molecule has 0 fully saturated rings. The van der Waals surface area contributed by atoms with Gasteiger partial charge in [0.1, 0.15) is 5.75 Å². The topological polar surface area (TPSA) is 67.4 Å². The van der Waals surface area contributed by atoms with Crippen LogP contribution in [0, 0.1) is 0 Å². The number of nitrogens with one attached hydrogen (secondary N) is 2. The lowest BCUT2D eigenvalue weighted by atomic mass is 10.0. The molecule has 2 amide bonds. The van der Waals surface area contributed by atoms with Gasteiger partial charge in [-0.3, -0.25) is 20.4 Å². The number of rotatable bonds is 5. The first-order valence-electron chi connectivity index (χ1n) is 8.53. The summed E-state index contributed by atoms with van der Waals surface area (Å²) in [5.41, 5.74) is 8.33. The monoisotopic (exact) mass is 360 g/mol. The van der Waals surface area contributed by atoms with E-state index >= 15 is 0 Å². The molecule has 2 N–H and O–H groups in total. The van der Waals surface area contributed by atoms with Crippen LogP contribution < -0.4 is 15.6 Å². The zero-order valence-electron chi connectivity index (χ0n) is 14.9. The fraction of sp³-hybridized carbons (Fsp3) is 0.0909. The van der Waals surface area contributed by atoms with Crippen LogP contribution in [0.1, 0.15) is 15.9 Å². The van der Waals surface area contributed by atoms with Crippen molar-refractivity contribution in [2.75, 3.05) is 7.11 Å². The van der Waals surface area contributed by atoms with E-state index in [1.54, 1.807) is 24.3 Å². The zero-order valence-corrected chi connectivity index (χ0v) is 14.9. The van der Waals surface area contributed by atoms with Gasteiger partial charge in [-0.15, -0.1) is 0 Å². The van der Waals surface area contributed by atoms with Crippen molar-refractivity contribution in [1.29, 1.82) is 0 Å². The van der Waals surface area contributed by atoms with E-state index in [9.17, 15) is 9.59 Å². The van der Waals surface area contributed by atoms with E-state index in [-0.39, 0.29) is 12.3 Å². The van der Waals surface area contributed by atoms with Crippen molar-refractivity contribution in [3.63, 3.8) is 0 Å². The van der Waals surface area contributed by atoms with Gasteiger partial charge in [0.15, 0.2) is 0 Å². The smallest absolute Gasteiger partial charge is 0.269 e. The molecule has 0 heterocycles. The molecule has 27 heavy (non-hydrogen) atoms. The second kappa shape index (κ2) is 8.67. The number of ether oxygens (including phenoxy) is 1. The van der Waals surface area contributed by atoms with E-state index in [1.807, 2.05) is 54.6 Å². The highest BCUT2D eigenvalue weighted by molar-refractivity contribution is 5.95. The third kappa shape index (κ3) is 4.95. The van der Waals surface area contributed by atoms with Gasteiger partial charge in [0.05, 0.1) is 13.5 Å². The summed E-state index contributed by atoms with van der Waals surface area (Å²) in [4.78, 5) is 24.2. The summed E-state index contributed by atoms with van der Waals surface area (Å²) >= 11 is 0. The lowest BCUT2D eigenvalue weighted by Gasteiger charge is -2.09. The molecule has 136 valence electrons. The standard InChI is InChI=1S/C22H20N2O3/c1-27-20-9-5-8-19(15-20)22(26)24-23-21(25)14-16-10-12-18(13-11-16)17-6-3-2-4-7-17/h2-13,15H,14H2,1H3,(H,23,25)(H,24,26). The van der Waals surface area contributed by atoms with Crippen molar-refractivity contribution in [1.82, 2.24) is 10.9 Å². The molecule has 0 saturated carbocycles. The second-order valence-corrected chi connectivity index (χ2v) is 5.97. The number of carbonyl (C=O) groups excluding carboxylic acids is 2. The lowest BCUT2D eigenvalue weighted by molar-refractivity contribution is -0.121. The molecule has 0 aromatic heterocycles. The van der Waals surface area contributed by atoms with E-state index in [4.69, 9.17) is 4.74 Å². The molecule has 0 radical (unpaired) electrons. The zero-order chi connectivity index (χ0) is 19.1. The molecule has 3 rings (SSSR count). The molecule has 0 atom stereocenters. The Hall–Kier alpha value is -3.60. The van der Waals surface area contributed by atoms with Crippen LogP contribution in [0.3, 0.4) is 0 Å². The van der Waals surface area contributed by atoms with E-state index in [0.29, 0.717) is 11.3 Å². The molecular formula is C22H20N2O3. The first-order valence-corrected chi connectivity index (χ1v) is 8.53. The van der Waals surface area contributed by atoms with Crippen LogP contribution in [0.5, 0.6) is 5.75 Å². The van der Waals surface area contributed by atoms with Crippen LogP contribution in [0.25, 0.3) is 11.1 Å². The molecule has 0 aliphatic heterocycles. The van der Waals surface area contributed by atoms with E-state index in [0.717, 1.165) is 16.7 Å². The van der Waals surface area contributed by atoms with Gasteiger partial charge in [0, 0.05) is 5.56 Å². The Morgan fingerprint density at radius 3 is 2.22 bits per heavy atom. The number of hydrogen-bond acceptors (Lipinski definition) is 3. The maximum Gasteiger partial charge on any atom is 0.269 e. The van der Waals surface area contributed by atoms with Gasteiger partial charge in [0.2, 0.25) is 5.91 Å². The maximum absolute atomic E-state index is 12.1. The van der Waals surface area contributed by atoms with Crippen molar-refractivity contribution in [2.24, 2.45) is 0 Å². The Kier molecular flexibility index (Phi) is 5.84. The van der Waals surface area contributed by atoms with Gasteiger partial charge >= 0.3 is 0 Å². The number of hydrogen-bond donors (Lipinski definition) is 2. The molecule has 5 nitrogen and oxygen atoms in total. The summed E-state index contributed by atoms with van der Waals surface area (Å²) < 4.78 is 5.08. The summed E-state index contributed by atoms with van der Waals surface area (Å²) in [6.45, 7) is 0. The van der Waals surface area contributed by atoms with E-state index in [1.165, 1.54) is 7.11 Å².